The molecule has 0 unspecified atom stereocenters. The molecule has 5 nitrogen and oxygen atoms in total. The fraction of sp³-hybridized carbons (Fsp3) is 0.375. The third-order valence-corrected chi connectivity index (χ3v) is 4.04. The molecule has 3 rings (SSSR count). The lowest BCUT2D eigenvalue weighted by molar-refractivity contribution is 0.0686. The lowest BCUT2D eigenvalue weighted by Gasteiger charge is -2.13. The molecule has 1 N–H and O–H groups in total. The van der Waals surface area contributed by atoms with Crippen LogP contribution in [0.1, 0.15) is 47.7 Å². The van der Waals surface area contributed by atoms with E-state index in [0.29, 0.717) is 17.4 Å². The van der Waals surface area contributed by atoms with Crippen LogP contribution in [-0.4, -0.2) is 23.3 Å². The molecule has 1 fully saturated rings. The van der Waals surface area contributed by atoms with Crippen molar-refractivity contribution in [3.8, 4) is 17.1 Å². The Bertz CT molecular complexity index is 656. The van der Waals surface area contributed by atoms with Crippen molar-refractivity contribution in [2.45, 2.75) is 31.6 Å². The molecule has 21 heavy (non-hydrogen) atoms. The highest BCUT2D eigenvalue weighted by atomic mass is 16.5. The van der Waals surface area contributed by atoms with Gasteiger partial charge in [0.25, 0.3) is 0 Å². The Labute approximate surface area is 122 Å². The van der Waals surface area contributed by atoms with Crippen molar-refractivity contribution in [1.82, 2.24) is 5.16 Å². The third-order valence-electron chi connectivity index (χ3n) is 4.04. The fourth-order valence-electron chi connectivity index (χ4n) is 2.93. The molecular weight excluding hydrogens is 270 g/mol. The lowest BCUT2D eigenvalue weighted by Crippen LogP contribution is -1.95. The second-order valence-electron chi connectivity index (χ2n) is 5.32. The molecule has 0 radical (unpaired) electrons. The number of aromatic carboxylic acids is 1. The van der Waals surface area contributed by atoms with Crippen LogP contribution >= 0.6 is 0 Å². The van der Waals surface area contributed by atoms with Gasteiger partial charge in [-0.3, -0.25) is 0 Å². The minimum atomic E-state index is -1.10. The number of nitrogens with zero attached hydrogens (tertiary/aromatic N) is 1. The summed E-state index contributed by atoms with van der Waals surface area (Å²) in [5.41, 5.74) is 1.90. The van der Waals surface area contributed by atoms with Crippen molar-refractivity contribution < 1.29 is 19.2 Å². The van der Waals surface area contributed by atoms with Crippen LogP contribution in [0, 0.1) is 0 Å². The highest BCUT2D eigenvalue weighted by molar-refractivity contribution is 5.86. The number of benzene rings is 1. The van der Waals surface area contributed by atoms with Gasteiger partial charge < -0.3 is 14.4 Å². The van der Waals surface area contributed by atoms with Gasteiger partial charge in [0.15, 0.2) is 11.5 Å². The zero-order valence-electron chi connectivity index (χ0n) is 11.8. The van der Waals surface area contributed by atoms with Gasteiger partial charge in [-0.15, -0.1) is 0 Å². The predicted molar refractivity (Wildman–Crippen MR) is 76.7 cm³/mol. The molecule has 0 aliphatic heterocycles. The molecule has 0 saturated heterocycles. The average molecular weight is 287 g/mol. The zero-order valence-corrected chi connectivity index (χ0v) is 11.8. The van der Waals surface area contributed by atoms with E-state index in [-0.39, 0.29) is 5.69 Å². The van der Waals surface area contributed by atoms with E-state index in [0.717, 1.165) is 5.56 Å². The van der Waals surface area contributed by atoms with E-state index in [1.54, 1.807) is 7.11 Å². The average Bonchev–Trinajstić information content (AvgIpc) is 3.18. The summed E-state index contributed by atoms with van der Waals surface area (Å²) in [7, 11) is 1.59. The summed E-state index contributed by atoms with van der Waals surface area (Å²) in [4.78, 5) is 10.9. The highest BCUT2D eigenvalue weighted by Gasteiger charge is 2.21. The summed E-state index contributed by atoms with van der Waals surface area (Å²) >= 11 is 0. The molecular formula is C16H17NO4. The number of hydrogen-bond donors (Lipinski definition) is 1. The minimum Gasteiger partial charge on any atom is -0.496 e. The molecule has 110 valence electrons. The Morgan fingerprint density at radius 1 is 1.33 bits per heavy atom. The minimum absolute atomic E-state index is 0.0988. The Hall–Kier alpha value is -2.30. The smallest absolute Gasteiger partial charge is 0.358 e. The van der Waals surface area contributed by atoms with E-state index >= 15 is 0 Å². The molecule has 5 heteroatoms. The van der Waals surface area contributed by atoms with E-state index in [1.807, 2.05) is 12.1 Å². The van der Waals surface area contributed by atoms with Crippen molar-refractivity contribution in [2.24, 2.45) is 0 Å². The molecule has 2 aromatic rings. The van der Waals surface area contributed by atoms with Gasteiger partial charge in [-0.2, -0.15) is 0 Å². The molecule has 1 heterocycles. The van der Waals surface area contributed by atoms with Crippen LogP contribution in [0.3, 0.4) is 0 Å². The first-order valence-electron chi connectivity index (χ1n) is 7.07. The number of carbonyl (C=O) groups is 1. The molecule has 1 saturated carbocycles. The molecule has 1 aromatic carbocycles. The zero-order chi connectivity index (χ0) is 14.8. The number of ether oxygens (including phenoxy) is 1. The van der Waals surface area contributed by atoms with Gasteiger partial charge in [0.2, 0.25) is 0 Å². The molecule has 0 bridgehead atoms. The molecule has 0 amide bonds. The number of carboxylic acid groups (broad SMARTS) is 1. The number of aromatic nitrogens is 1. The quantitative estimate of drug-likeness (QED) is 0.928. The Morgan fingerprint density at radius 2 is 2.10 bits per heavy atom. The SMILES string of the molecule is COc1ccc(C2CCCC2)cc1-c1cc(C(=O)O)no1. The number of methoxy groups -OCH3 is 1. The largest absolute Gasteiger partial charge is 0.496 e. The van der Waals surface area contributed by atoms with Gasteiger partial charge in [-0.1, -0.05) is 24.1 Å². The fourth-order valence-corrected chi connectivity index (χ4v) is 2.93. The third kappa shape index (κ3) is 2.63. The highest BCUT2D eigenvalue weighted by Crippen LogP contribution is 2.38. The predicted octanol–water partition coefficient (Wildman–Crippen LogP) is 3.71. The van der Waals surface area contributed by atoms with E-state index < -0.39 is 5.97 Å². The van der Waals surface area contributed by atoms with Crippen LogP contribution in [0.5, 0.6) is 5.75 Å². The van der Waals surface area contributed by atoms with Crippen LogP contribution < -0.4 is 4.74 Å². The summed E-state index contributed by atoms with van der Waals surface area (Å²) < 4.78 is 10.5. The van der Waals surface area contributed by atoms with Crippen molar-refractivity contribution in [3.63, 3.8) is 0 Å². The van der Waals surface area contributed by atoms with Crippen molar-refractivity contribution in [3.05, 3.63) is 35.5 Å². The maximum atomic E-state index is 10.9. The van der Waals surface area contributed by atoms with E-state index in [9.17, 15) is 4.79 Å². The van der Waals surface area contributed by atoms with Crippen LogP contribution in [0.2, 0.25) is 0 Å². The first-order valence-corrected chi connectivity index (χ1v) is 7.07. The Balaban J connectivity index is 2.01. The maximum Gasteiger partial charge on any atom is 0.358 e. The van der Waals surface area contributed by atoms with Crippen LogP contribution in [0.25, 0.3) is 11.3 Å². The van der Waals surface area contributed by atoms with E-state index in [2.05, 4.69) is 11.2 Å². The standard InChI is InChI=1S/C16H17NO4/c1-20-14-7-6-11(10-4-2-3-5-10)8-12(14)15-9-13(16(18)19)17-21-15/h6-10H,2-5H2,1H3,(H,18,19). The van der Waals surface area contributed by atoms with Crippen molar-refractivity contribution in [1.29, 1.82) is 0 Å². The number of rotatable bonds is 4. The van der Waals surface area contributed by atoms with E-state index in [1.165, 1.54) is 37.3 Å². The van der Waals surface area contributed by atoms with Crippen molar-refractivity contribution in [2.75, 3.05) is 7.11 Å². The maximum absolute atomic E-state index is 10.9. The summed E-state index contributed by atoms with van der Waals surface area (Å²) in [6.45, 7) is 0. The summed E-state index contributed by atoms with van der Waals surface area (Å²) in [6.07, 6.45) is 4.92. The van der Waals surface area contributed by atoms with Gasteiger partial charge in [0, 0.05) is 6.07 Å². The van der Waals surface area contributed by atoms with Gasteiger partial charge >= 0.3 is 5.97 Å². The molecule has 1 aliphatic carbocycles. The number of carboxylic acids is 1. The first kappa shape index (κ1) is 13.7. The first-order chi connectivity index (χ1) is 10.2. The summed E-state index contributed by atoms with van der Waals surface area (Å²) in [5.74, 6) is 0.543. The van der Waals surface area contributed by atoms with Gasteiger partial charge in [-0.25, -0.2) is 4.79 Å². The molecule has 0 spiro atoms. The second kappa shape index (κ2) is 5.60. The molecule has 0 atom stereocenters. The summed E-state index contributed by atoms with van der Waals surface area (Å²) in [6, 6.07) is 7.44. The normalized spacial score (nSPS) is 15.3. The topological polar surface area (TPSA) is 72.6 Å². The van der Waals surface area contributed by atoms with Gasteiger partial charge in [0.05, 0.1) is 12.7 Å². The van der Waals surface area contributed by atoms with Gasteiger partial charge in [0.1, 0.15) is 5.75 Å². The van der Waals surface area contributed by atoms with Crippen molar-refractivity contribution >= 4 is 5.97 Å². The molecule has 1 aliphatic rings. The monoisotopic (exact) mass is 287 g/mol. The van der Waals surface area contributed by atoms with Gasteiger partial charge in [-0.05, 0) is 36.5 Å². The Morgan fingerprint density at radius 3 is 2.71 bits per heavy atom. The number of hydrogen-bond acceptors (Lipinski definition) is 4. The van der Waals surface area contributed by atoms with Crippen LogP contribution in [0.15, 0.2) is 28.8 Å². The second-order valence-corrected chi connectivity index (χ2v) is 5.32. The van der Waals surface area contributed by atoms with E-state index in [4.69, 9.17) is 14.4 Å². The van der Waals surface area contributed by atoms with Crippen LogP contribution in [-0.2, 0) is 0 Å². The lowest BCUT2D eigenvalue weighted by atomic mass is 9.95. The van der Waals surface area contributed by atoms with Crippen LogP contribution in [0.4, 0.5) is 0 Å². The summed E-state index contributed by atoms with van der Waals surface area (Å²) in [5, 5.41) is 12.5. The molecule has 1 aromatic heterocycles. The Kier molecular flexibility index (Phi) is 3.64.